The smallest absolute Gasteiger partial charge is 0.0734 e. The summed E-state index contributed by atoms with van der Waals surface area (Å²) in [6.45, 7) is 4.49. The molecule has 2 aliphatic heterocycles. The summed E-state index contributed by atoms with van der Waals surface area (Å²) in [5.74, 6) is 1.30. The van der Waals surface area contributed by atoms with E-state index in [0.717, 1.165) is 0 Å². The first-order valence-electron chi connectivity index (χ1n) is 4.61. The molecule has 2 nitrogen and oxygen atoms in total. The molecule has 0 aromatic rings. The van der Waals surface area contributed by atoms with Crippen molar-refractivity contribution in [3.05, 3.63) is 0 Å². The van der Waals surface area contributed by atoms with Crippen molar-refractivity contribution in [1.82, 2.24) is 0 Å². The van der Waals surface area contributed by atoms with Crippen molar-refractivity contribution < 1.29 is 4.74 Å². The summed E-state index contributed by atoms with van der Waals surface area (Å²) in [7, 11) is 0. The van der Waals surface area contributed by atoms with E-state index < -0.39 is 0 Å². The molecule has 2 heteroatoms. The van der Waals surface area contributed by atoms with E-state index in [-0.39, 0.29) is 0 Å². The van der Waals surface area contributed by atoms with Crippen molar-refractivity contribution in [2.45, 2.75) is 44.9 Å². The van der Waals surface area contributed by atoms with Gasteiger partial charge in [0, 0.05) is 12.0 Å². The third-order valence-corrected chi connectivity index (χ3v) is 3.16. The van der Waals surface area contributed by atoms with E-state index in [4.69, 9.17) is 10.5 Å². The van der Waals surface area contributed by atoms with Crippen LogP contribution in [0, 0.1) is 11.8 Å². The molecule has 4 unspecified atom stereocenters. The fraction of sp³-hybridized carbons (Fsp3) is 1.00. The normalized spacial score (nSPS) is 49.1. The van der Waals surface area contributed by atoms with Crippen molar-refractivity contribution in [3.63, 3.8) is 0 Å². The van der Waals surface area contributed by atoms with Crippen LogP contribution in [0.2, 0.25) is 0 Å². The Morgan fingerprint density at radius 3 is 2.27 bits per heavy atom. The zero-order chi connectivity index (χ0) is 8.01. The summed E-state index contributed by atoms with van der Waals surface area (Å²) >= 11 is 0. The Hall–Kier alpha value is -0.0800. The van der Waals surface area contributed by atoms with Gasteiger partial charge in [0.05, 0.1) is 12.2 Å². The first-order valence-corrected chi connectivity index (χ1v) is 4.61. The van der Waals surface area contributed by atoms with Gasteiger partial charge in [0.15, 0.2) is 0 Å². The van der Waals surface area contributed by atoms with Crippen molar-refractivity contribution in [1.29, 1.82) is 0 Å². The van der Waals surface area contributed by atoms with Gasteiger partial charge in [-0.2, -0.15) is 0 Å². The largest absolute Gasteiger partial charge is 0.373 e. The minimum Gasteiger partial charge on any atom is -0.373 e. The summed E-state index contributed by atoms with van der Waals surface area (Å²) in [4.78, 5) is 0. The van der Waals surface area contributed by atoms with Crippen LogP contribution < -0.4 is 5.73 Å². The molecule has 0 amide bonds. The van der Waals surface area contributed by atoms with Crippen LogP contribution in [0.1, 0.15) is 26.7 Å². The molecule has 11 heavy (non-hydrogen) atoms. The molecule has 2 heterocycles. The Bertz CT molecular complexity index is 156. The lowest BCUT2D eigenvalue weighted by atomic mass is 9.78. The Labute approximate surface area is 68.1 Å². The van der Waals surface area contributed by atoms with Crippen molar-refractivity contribution in [3.8, 4) is 0 Å². The number of ether oxygens (including phenoxy) is 1. The van der Waals surface area contributed by atoms with Crippen LogP contribution >= 0.6 is 0 Å². The van der Waals surface area contributed by atoms with Gasteiger partial charge in [-0.3, -0.25) is 0 Å². The monoisotopic (exact) mass is 155 g/mol. The van der Waals surface area contributed by atoms with Gasteiger partial charge in [0.2, 0.25) is 0 Å². The van der Waals surface area contributed by atoms with E-state index in [9.17, 15) is 0 Å². The van der Waals surface area contributed by atoms with Crippen molar-refractivity contribution in [2.75, 3.05) is 0 Å². The second-order valence-electron chi connectivity index (χ2n) is 4.19. The second-order valence-corrected chi connectivity index (χ2v) is 4.19. The highest BCUT2D eigenvalue weighted by Crippen LogP contribution is 2.41. The van der Waals surface area contributed by atoms with Crippen LogP contribution in [0.25, 0.3) is 0 Å². The van der Waals surface area contributed by atoms with Crippen molar-refractivity contribution in [2.24, 2.45) is 17.6 Å². The maximum Gasteiger partial charge on any atom is 0.0734 e. The Balaban J connectivity index is 2.11. The van der Waals surface area contributed by atoms with Gasteiger partial charge in [-0.1, -0.05) is 13.8 Å². The average molecular weight is 155 g/mol. The maximum atomic E-state index is 6.04. The molecule has 2 fully saturated rings. The van der Waals surface area contributed by atoms with E-state index in [1.165, 1.54) is 12.8 Å². The fourth-order valence-corrected chi connectivity index (χ4v) is 2.62. The summed E-state index contributed by atoms with van der Waals surface area (Å²) in [5, 5.41) is 0. The zero-order valence-corrected chi connectivity index (χ0v) is 7.29. The van der Waals surface area contributed by atoms with Crippen LogP contribution in [0.3, 0.4) is 0 Å². The molecule has 2 aliphatic rings. The Kier molecular flexibility index (Phi) is 1.69. The molecule has 2 bridgehead atoms. The minimum atomic E-state index is 0.314. The van der Waals surface area contributed by atoms with Gasteiger partial charge in [0.25, 0.3) is 0 Å². The topological polar surface area (TPSA) is 35.2 Å². The predicted octanol–water partition coefficient (Wildman–Crippen LogP) is 1.15. The third kappa shape index (κ3) is 1.00. The van der Waals surface area contributed by atoms with Crippen LogP contribution in [0.4, 0.5) is 0 Å². The summed E-state index contributed by atoms with van der Waals surface area (Å²) in [5.41, 5.74) is 6.04. The first kappa shape index (κ1) is 7.56. The highest BCUT2D eigenvalue weighted by molar-refractivity contribution is 4.99. The lowest BCUT2D eigenvalue weighted by Crippen LogP contribution is -2.42. The molecule has 0 saturated carbocycles. The molecule has 2 saturated heterocycles. The van der Waals surface area contributed by atoms with E-state index in [2.05, 4.69) is 13.8 Å². The maximum absolute atomic E-state index is 6.04. The van der Waals surface area contributed by atoms with E-state index in [0.29, 0.717) is 30.1 Å². The number of nitrogens with two attached hydrogens (primary N) is 1. The SMILES string of the molecule is CC(C)C1C2CCC(O2)C1N. The molecule has 0 aliphatic carbocycles. The molecule has 2 N–H and O–H groups in total. The van der Waals surface area contributed by atoms with Crippen molar-refractivity contribution >= 4 is 0 Å². The molecule has 64 valence electrons. The van der Waals surface area contributed by atoms with E-state index in [1.54, 1.807) is 0 Å². The highest BCUT2D eigenvalue weighted by Gasteiger charge is 2.47. The first-order chi connectivity index (χ1) is 5.20. The van der Waals surface area contributed by atoms with Gasteiger partial charge < -0.3 is 10.5 Å². The fourth-order valence-electron chi connectivity index (χ4n) is 2.62. The molecular weight excluding hydrogens is 138 g/mol. The highest BCUT2D eigenvalue weighted by atomic mass is 16.5. The number of fused-ring (bicyclic) bond motifs is 2. The van der Waals surface area contributed by atoms with Crippen LogP contribution in [0.15, 0.2) is 0 Å². The second kappa shape index (κ2) is 2.46. The molecule has 0 aromatic heterocycles. The van der Waals surface area contributed by atoms with Gasteiger partial charge in [-0.25, -0.2) is 0 Å². The Morgan fingerprint density at radius 2 is 1.91 bits per heavy atom. The molecule has 0 radical (unpaired) electrons. The number of rotatable bonds is 1. The van der Waals surface area contributed by atoms with Gasteiger partial charge in [0.1, 0.15) is 0 Å². The molecular formula is C9H17NO. The van der Waals surface area contributed by atoms with Gasteiger partial charge in [-0.05, 0) is 18.8 Å². The average Bonchev–Trinajstić information content (AvgIpc) is 2.44. The van der Waals surface area contributed by atoms with Crippen LogP contribution in [-0.2, 0) is 4.74 Å². The lowest BCUT2D eigenvalue weighted by molar-refractivity contribution is 0.0845. The number of hydrogen-bond acceptors (Lipinski definition) is 2. The summed E-state index contributed by atoms with van der Waals surface area (Å²) < 4.78 is 5.73. The molecule has 0 aromatic carbocycles. The predicted molar refractivity (Wildman–Crippen MR) is 44.2 cm³/mol. The summed E-state index contributed by atoms with van der Waals surface area (Å²) in [6.07, 6.45) is 3.29. The van der Waals surface area contributed by atoms with Gasteiger partial charge >= 0.3 is 0 Å². The third-order valence-electron chi connectivity index (χ3n) is 3.16. The lowest BCUT2D eigenvalue weighted by Gasteiger charge is -2.27. The Morgan fingerprint density at radius 1 is 1.27 bits per heavy atom. The minimum absolute atomic E-state index is 0.314. The summed E-state index contributed by atoms with van der Waals surface area (Å²) in [6, 6.07) is 0.314. The quantitative estimate of drug-likeness (QED) is 0.616. The number of hydrogen-bond donors (Lipinski definition) is 1. The zero-order valence-electron chi connectivity index (χ0n) is 7.29. The van der Waals surface area contributed by atoms with Gasteiger partial charge in [-0.15, -0.1) is 0 Å². The van der Waals surface area contributed by atoms with Crippen LogP contribution in [-0.4, -0.2) is 18.2 Å². The van der Waals surface area contributed by atoms with E-state index in [1.807, 2.05) is 0 Å². The molecule has 4 atom stereocenters. The standard InChI is InChI=1S/C9H17NO/c1-5(2)8-6-3-4-7(11-6)9(8)10/h5-9H,3-4,10H2,1-2H3. The van der Waals surface area contributed by atoms with Crippen LogP contribution in [0.5, 0.6) is 0 Å². The molecule has 2 rings (SSSR count). The molecule has 0 spiro atoms. The van der Waals surface area contributed by atoms with E-state index >= 15 is 0 Å².